The Hall–Kier alpha value is -0.320. The van der Waals surface area contributed by atoms with Crippen molar-refractivity contribution in [2.75, 3.05) is 39.4 Å². The molecule has 2 aliphatic rings. The van der Waals surface area contributed by atoms with Crippen LogP contribution in [0.1, 0.15) is 19.8 Å². The Labute approximate surface area is 103 Å². The molecule has 0 saturated carbocycles. The summed E-state index contributed by atoms with van der Waals surface area (Å²) in [5.41, 5.74) is -0.136. The van der Waals surface area contributed by atoms with Gasteiger partial charge in [0.25, 0.3) is 0 Å². The molecule has 0 spiro atoms. The van der Waals surface area contributed by atoms with Crippen molar-refractivity contribution in [1.82, 2.24) is 10.2 Å². The minimum absolute atomic E-state index is 0. The van der Waals surface area contributed by atoms with Gasteiger partial charge in [0.1, 0.15) is 0 Å². The van der Waals surface area contributed by atoms with Gasteiger partial charge >= 0.3 is 0 Å². The molecule has 0 unspecified atom stereocenters. The fourth-order valence-electron chi connectivity index (χ4n) is 2.34. The fourth-order valence-corrected chi connectivity index (χ4v) is 2.34. The molecular formula is C11H21ClN2O2. The van der Waals surface area contributed by atoms with Crippen molar-refractivity contribution in [2.24, 2.45) is 5.41 Å². The topological polar surface area (TPSA) is 41.6 Å². The Balaban J connectivity index is 0.00000128. The molecule has 16 heavy (non-hydrogen) atoms. The molecule has 0 aromatic carbocycles. The van der Waals surface area contributed by atoms with E-state index >= 15 is 0 Å². The highest BCUT2D eigenvalue weighted by Gasteiger charge is 2.37. The lowest BCUT2D eigenvalue weighted by Gasteiger charge is -2.38. The summed E-state index contributed by atoms with van der Waals surface area (Å²) in [7, 11) is 0. The van der Waals surface area contributed by atoms with Crippen molar-refractivity contribution < 1.29 is 9.53 Å². The van der Waals surface area contributed by atoms with E-state index in [2.05, 4.69) is 12.2 Å². The van der Waals surface area contributed by atoms with Crippen LogP contribution in [0, 0.1) is 5.41 Å². The van der Waals surface area contributed by atoms with Crippen LogP contribution in [-0.4, -0.2) is 50.2 Å². The Morgan fingerprint density at radius 2 is 1.81 bits per heavy atom. The third-order valence-electron chi connectivity index (χ3n) is 3.52. The molecule has 4 nitrogen and oxygen atoms in total. The summed E-state index contributed by atoms with van der Waals surface area (Å²) in [4.78, 5) is 14.3. The van der Waals surface area contributed by atoms with Gasteiger partial charge in [0.15, 0.2) is 0 Å². The van der Waals surface area contributed by atoms with E-state index in [4.69, 9.17) is 4.74 Å². The van der Waals surface area contributed by atoms with Crippen LogP contribution in [0.5, 0.6) is 0 Å². The Kier molecular flexibility index (Phi) is 5.02. The molecule has 2 heterocycles. The van der Waals surface area contributed by atoms with Gasteiger partial charge in [-0.05, 0) is 25.9 Å². The molecular weight excluding hydrogens is 228 g/mol. The number of piperidine rings is 1. The third-order valence-corrected chi connectivity index (χ3v) is 3.52. The molecule has 2 saturated heterocycles. The van der Waals surface area contributed by atoms with Crippen LogP contribution in [0.4, 0.5) is 0 Å². The van der Waals surface area contributed by atoms with Crippen molar-refractivity contribution in [3.05, 3.63) is 0 Å². The minimum Gasteiger partial charge on any atom is -0.378 e. The van der Waals surface area contributed by atoms with Crippen molar-refractivity contribution in [1.29, 1.82) is 0 Å². The van der Waals surface area contributed by atoms with Gasteiger partial charge < -0.3 is 15.0 Å². The predicted octanol–water partition coefficient (Wildman–Crippen LogP) is 0.657. The van der Waals surface area contributed by atoms with Crippen LogP contribution >= 0.6 is 12.4 Å². The van der Waals surface area contributed by atoms with Crippen LogP contribution in [-0.2, 0) is 9.53 Å². The normalized spacial score (nSPS) is 24.7. The fraction of sp³-hybridized carbons (Fsp3) is 0.909. The van der Waals surface area contributed by atoms with E-state index < -0.39 is 0 Å². The zero-order valence-corrected chi connectivity index (χ0v) is 10.6. The number of carbonyl (C=O) groups excluding carboxylic acids is 1. The first kappa shape index (κ1) is 13.7. The van der Waals surface area contributed by atoms with Gasteiger partial charge in [-0.15, -0.1) is 12.4 Å². The average Bonchev–Trinajstić information content (AvgIpc) is 2.30. The molecule has 0 atom stereocenters. The lowest BCUT2D eigenvalue weighted by molar-refractivity contribution is -0.146. The Bertz CT molecular complexity index is 236. The molecule has 0 aliphatic carbocycles. The summed E-state index contributed by atoms with van der Waals surface area (Å²) in [5.74, 6) is 0.326. The van der Waals surface area contributed by atoms with Gasteiger partial charge in [-0.25, -0.2) is 0 Å². The van der Waals surface area contributed by atoms with E-state index in [0.29, 0.717) is 19.1 Å². The second-order valence-electron chi connectivity index (χ2n) is 4.72. The molecule has 1 N–H and O–H groups in total. The summed E-state index contributed by atoms with van der Waals surface area (Å²) < 4.78 is 5.26. The van der Waals surface area contributed by atoms with Crippen LogP contribution in [0.2, 0.25) is 0 Å². The average molecular weight is 249 g/mol. The number of hydrogen-bond donors (Lipinski definition) is 1. The summed E-state index contributed by atoms with van der Waals surface area (Å²) in [5, 5.41) is 3.30. The number of rotatable bonds is 1. The van der Waals surface area contributed by atoms with E-state index in [0.717, 1.165) is 39.0 Å². The van der Waals surface area contributed by atoms with Crippen LogP contribution in [0.15, 0.2) is 0 Å². The Morgan fingerprint density at radius 1 is 1.25 bits per heavy atom. The van der Waals surface area contributed by atoms with Crippen molar-refractivity contribution in [3.63, 3.8) is 0 Å². The van der Waals surface area contributed by atoms with E-state index in [1.54, 1.807) is 0 Å². The number of carbonyl (C=O) groups is 1. The first-order valence-electron chi connectivity index (χ1n) is 5.80. The lowest BCUT2D eigenvalue weighted by atomic mass is 9.79. The molecule has 1 amide bonds. The molecule has 0 bridgehead atoms. The number of nitrogens with one attached hydrogen (secondary N) is 1. The molecule has 2 aliphatic heterocycles. The number of morpholine rings is 1. The number of halogens is 1. The maximum atomic E-state index is 12.3. The highest BCUT2D eigenvalue weighted by atomic mass is 35.5. The third kappa shape index (κ3) is 2.87. The van der Waals surface area contributed by atoms with E-state index in [-0.39, 0.29) is 17.8 Å². The van der Waals surface area contributed by atoms with Crippen molar-refractivity contribution in [2.45, 2.75) is 19.8 Å². The molecule has 0 radical (unpaired) electrons. The summed E-state index contributed by atoms with van der Waals surface area (Å²) in [6, 6.07) is 0. The molecule has 0 aromatic heterocycles. The minimum atomic E-state index is -0.136. The zero-order valence-electron chi connectivity index (χ0n) is 9.83. The summed E-state index contributed by atoms with van der Waals surface area (Å²) in [6.45, 7) is 6.95. The summed E-state index contributed by atoms with van der Waals surface area (Å²) >= 11 is 0. The number of nitrogens with zero attached hydrogens (tertiary/aromatic N) is 1. The SMILES string of the molecule is CC1(C(=O)N2CCOCC2)CCNCC1.Cl. The number of hydrogen-bond acceptors (Lipinski definition) is 3. The standard InChI is InChI=1S/C11H20N2O2.ClH/c1-11(2-4-12-5-3-11)10(14)13-6-8-15-9-7-13;/h12H,2-9H2,1H3;1H. The molecule has 2 fully saturated rings. The zero-order chi connectivity index (χ0) is 10.7. The van der Waals surface area contributed by atoms with E-state index in [9.17, 15) is 4.79 Å². The molecule has 5 heteroatoms. The van der Waals surface area contributed by atoms with Gasteiger partial charge in [0.2, 0.25) is 5.91 Å². The van der Waals surface area contributed by atoms with Gasteiger partial charge in [0.05, 0.1) is 13.2 Å². The molecule has 94 valence electrons. The van der Waals surface area contributed by atoms with E-state index in [1.165, 1.54) is 0 Å². The first-order valence-corrected chi connectivity index (χ1v) is 5.80. The monoisotopic (exact) mass is 248 g/mol. The maximum Gasteiger partial charge on any atom is 0.228 e. The van der Waals surface area contributed by atoms with Gasteiger partial charge in [-0.1, -0.05) is 6.92 Å². The van der Waals surface area contributed by atoms with Crippen LogP contribution in [0.25, 0.3) is 0 Å². The first-order chi connectivity index (χ1) is 7.22. The number of ether oxygens (including phenoxy) is 1. The quantitative estimate of drug-likeness (QED) is 0.741. The van der Waals surface area contributed by atoms with Crippen molar-refractivity contribution >= 4 is 18.3 Å². The summed E-state index contributed by atoms with van der Waals surface area (Å²) in [6.07, 6.45) is 1.92. The van der Waals surface area contributed by atoms with Crippen molar-refractivity contribution in [3.8, 4) is 0 Å². The highest BCUT2D eigenvalue weighted by Crippen LogP contribution is 2.30. The van der Waals surface area contributed by atoms with E-state index in [1.807, 2.05) is 4.90 Å². The molecule has 2 rings (SSSR count). The predicted molar refractivity (Wildman–Crippen MR) is 64.9 cm³/mol. The number of amides is 1. The van der Waals surface area contributed by atoms with Gasteiger partial charge in [0, 0.05) is 18.5 Å². The van der Waals surface area contributed by atoms with Gasteiger partial charge in [-0.2, -0.15) is 0 Å². The van der Waals surface area contributed by atoms with Gasteiger partial charge in [-0.3, -0.25) is 4.79 Å². The second-order valence-corrected chi connectivity index (χ2v) is 4.72. The van der Waals surface area contributed by atoms with Crippen LogP contribution < -0.4 is 5.32 Å². The smallest absolute Gasteiger partial charge is 0.228 e. The second kappa shape index (κ2) is 5.84. The largest absolute Gasteiger partial charge is 0.378 e. The maximum absolute atomic E-state index is 12.3. The Morgan fingerprint density at radius 3 is 2.38 bits per heavy atom. The molecule has 0 aromatic rings. The lowest BCUT2D eigenvalue weighted by Crippen LogP contribution is -2.51. The highest BCUT2D eigenvalue weighted by molar-refractivity contribution is 5.85. The van der Waals surface area contributed by atoms with Crippen LogP contribution in [0.3, 0.4) is 0 Å².